The number of aliphatic imine (C=N–C) groups is 2. The van der Waals surface area contributed by atoms with E-state index < -0.39 is 129 Å². The molecule has 0 unspecified atom stereocenters. The summed E-state index contributed by atoms with van der Waals surface area (Å²) in [6, 6.07) is 8.71. The molecule has 2 heterocycles. The Balaban J connectivity index is 0.927. The van der Waals surface area contributed by atoms with E-state index in [1.54, 1.807) is 52.0 Å². The number of carboxylic acids is 2. The maximum atomic E-state index is 12.7. The van der Waals surface area contributed by atoms with Crippen molar-refractivity contribution in [2.45, 2.75) is 52.6 Å². The van der Waals surface area contributed by atoms with E-state index in [9.17, 15) is 65.4 Å². The number of hydrogen-bond acceptors (Lipinski definition) is 27. The smallest absolute Gasteiger partial charge is 0.407 e. The predicted molar refractivity (Wildman–Crippen MR) is 349 cm³/mol. The lowest BCUT2D eigenvalue weighted by Gasteiger charge is -2.24. The van der Waals surface area contributed by atoms with Crippen LogP contribution < -0.4 is 72.1 Å². The number of nitrogens with one attached hydrogen (secondary N) is 12. The molecule has 0 fully saturated rings. The van der Waals surface area contributed by atoms with Gasteiger partial charge in [-0.05, 0) is 61.4 Å². The molecule has 2 atom stereocenters. The zero-order valence-electron chi connectivity index (χ0n) is 54.8. The van der Waals surface area contributed by atoms with E-state index >= 15 is 0 Å². The molecule has 97 heavy (non-hydrogen) atoms. The number of sulfonamides is 2. The fourth-order valence-electron chi connectivity index (χ4n) is 7.84. The Morgan fingerprint density at radius 3 is 1.16 bits per heavy atom. The highest BCUT2D eigenvalue weighted by molar-refractivity contribution is 7.89. The average molecular weight is 1420 g/mol. The number of carbonyl (C=O) groups is 8. The van der Waals surface area contributed by atoms with Crippen LogP contribution in [0.2, 0.25) is 0 Å². The van der Waals surface area contributed by atoms with E-state index in [0.717, 1.165) is 39.0 Å². The molecular weight excluding hydrogens is 1320 g/mol. The summed E-state index contributed by atoms with van der Waals surface area (Å²) < 4.78 is 103. The van der Waals surface area contributed by atoms with Gasteiger partial charge < -0.3 is 106 Å². The van der Waals surface area contributed by atoms with Crippen LogP contribution in [0.1, 0.15) is 61.3 Å². The molecule has 2 aromatic carbocycles. The maximum absolute atomic E-state index is 12.7. The van der Waals surface area contributed by atoms with Crippen molar-refractivity contribution in [2.24, 2.45) is 20.8 Å². The Kier molecular flexibility index (Phi) is 36.1. The van der Waals surface area contributed by atoms with Crippen molar-refractivity contribution < 1.29 is 108 Å². The SMILES string of the molecule is CC(C)(CNC(=O)OCCOCCOCCOCCOC(=O)NCC(C)(C)COC(=O)NCCS(=O)(=O)N[C@@H](CNC(=O)c1ccc(OCCNC2=NCCCN2)cc1)C(=O)O)COC(=O)NCCS(=O)(=O)N[C@@H](CNC(=O)c1ccc(OCCNC2=NCCCN2)cc1)C(=O)O. The average Bonchev–Trinajstić information content (AvgIpc) is 1.01. The van der Waals surface area contributed by atoms with Crippen LogP contribution in [0.25, 0.3) is 0 Å². The van der Waals surface area contributed by atoms with Crippen molar-refractivity contribution in [3.05, 3.63) is 59.7 Å². The summed E-state index contributed by atoms with van der Waals surface area (Å²) >= 11 is 0. The number of aliphatic carboxylic acids is 2. The molecule has 0 aromatic heterocycles. The number of carboxylic acid groups (broad SMARTS) is 2. The number of hydrogen-bond donors (Lipinski definition) is 14. The quantitative estimate of drug-likeness (QED) is 0.0258. The first-order chi connectivity index (χ1) is 46.2. The number of benzene rings is 2. The van der Waals surface area contributed by atoms with Crippen molar-refractivity contribution in [1.82, 2.24) is 62.6 Å². The summed E-state index contributed by atoms with van der Waals surface area (Å²) in [6.07, 6.45) is -1.52. The minimum atomic E-state index is -4.27. The lowest BCUT2D eigenvalue weighted by Crippen LogP contribution is -2.49. The molecule has 4 rings (SSSR count). The molecule has 37 nitrogen and oxygen atoms in total. The fourth-order valence-corrected chi connectivity index (χ4v) is 10.1. The summed E-state index contributed by atoms with van der Waals surface area (Å²) in [4.78, 5) is 107. The third-order valence-corrected chi connectivity index (χ3v) is 15.9. The standard InChI is InChI=1S/C58H92N14O23S2/c1-57(2,39-94-53(79)65-21-33-96(83,84)71-45(49(75)76)35-67-47(73)41-7-11-43(12-8-41)90-23-19-63-51-59-15-5-16-60-51)37-69-55(81)92-31-29-88-27-25-87-26-28-89-30-32-93-56(82)70-38-58(3,4)40-95-54(80)66-22-34-97(85,86)72-46(50(77)78)36-68-48(74)42-9-13-44(14-10-42)91-24-20-64-52-61-17-6-18-62-52/h7-14,45-46,71-72H,5-6,15-40H2,1-4H3,(H,65,79)(H,66,80)(H,67,73)(H,68,74)(H,69,81)(H,70,82)(H,75,76)(H,77,78)(H2,59,60,63)(H2,61,62,64)/t45-,46-/m0/s1. The van der Waals surface area contributed by atoms with Crippen LogP contribution >= 0.6 is 0 Å². The molecular formula is C58H92N14O23S2. The summed E-state index contributed by atoms with van der Waals surface area (Å²) in [6.45, 7) is 9.85. The van der Waals surface area contributed by atoms with Gasteiger partial charge in [-0.15, -0.1) is 0 Å². The molecule has 6 amide bonds. The number of carbonyl (C=O) groups excluding carboxylic acids is 6. The van der Waals surface area contributed by atoms with Crippen molar-refractivity contribution >= 4 is 80.1 Å². The third-order valence-electron chi connectivity index (χ3n) is 13.1. The highest BCUT2D eigenvalue weighted by Crippen LogP contribution is 2.17. The van der Waals surface area contributed by atoms with E-state index in [1.165, 1.54) is 24.3 Å². The summed E-state index contributed by atoms with van der Waals surface area (Å²) in [5.41, 5.74) is -1.21. The van der Waals surface area contributed by atoms with Gasteiger partial charge in [0.2, 0.25) is 20.0 Å². The van der Waals surface area contributed by atoms with Crippen molar-refractivity contribution in [3.8, 4) is 11.5 Å². The lowest BCUT2D eigenvalue weighted by atomic mass is 9.95. The van der Waals surface area contributed by atoms with Gasteiger partial charge in [-0.3, -0.25) is 29.2 Å². The van der Waals surface area contributed by atoms with E-state index in [4.69, 9.17) is 42.6 Å². The normalized spacial score (nSPS) is 13.8. The second kappa shape index (κ2) is 43.4. The number of amides is 6. The van der Waals surface area contributed by atoms with Crippen LogP contribution in [-0.2, 0) is 62.8 Å². The van der Waals surface area contributed by atoms with E-state index in [2.05, 4.69) is 63.2 Å². The minimum absolute atomic E-state index is 0.0229. The van der Waals surface area contributed by atoms with E-state index in [-0.39, 0.29) is 90.3 Å². The summed E-state index contributed by atoms with van der Waals surface area (Å²) in [5.74, 6) is -3.41. The molecule has 2 aliphatic heterocycles. The number of ether oxygens (including phenoxy) is 9. The monoisotopic (exact) mass is 1420 g/mol. The van der Waals surface area contributed by atoms with Gasteiger partial charge in [-0.25, -0.2) is 36.0 Å². The zero-order valence-corrected chi connectivity index (χ0v) is 56.4. The third kappa shape index (κ3) is 36.8. The summed E-state index contributed by atoms with van der Waals surface area (Å²) in [5, 5.41) is 46.2. The predicted octanol–water partition coefficient (Wildman–Crippen LogP) is -1.77. The van der Waals surface area contributed by atoms with Gasteiger partial charge in [0.1, 0.15) is 50.0 Å². The second-order valence-electron chi connectivity index (χ2n) is 22.8. The van der Waals surface area contributed by atoms with Gasteiger partial charge in [-0.2, -0.15) is 9.44 Å². The highest BCUT2D eigenvalue weighted by atomic mass is 32.2. The van der Waals surface area contributed by atoms with Crippen LogP contribution in [-0.4, -0.2) is 269 Å². The van der Waals surface area contributed by atoms with Gasteiger partial charge in [0.05, 0.1) is 77.5 Å². The van der Waals surface area contributed by atoms with Gasteiger partial charge in [-0.1, -0.05) is 27.7 Å². The Bertz CT molecular complexity index is 2910. The molecule has 0 spiro atoms. The summed E-state index contributed by atoms with van der Waals surface area (Å²) in [7, 11) is -8.54. The molecule has 0 radical (unpaired) electrons. The van der Waals surface area contributed by atoms with Crippen molar-refractivity contribution in [2.75, 3.05) is 169 Å². The Labute approximate surface area is 562 Å². The highest BCUT2D eigenvalue weighted by Gasteiger charge is 2.28. The first kappa shape index (κ1) is 80.7. The fraction of sp³-hybridized carbons (Fsp3) is 0.621. The van der Waals surface area contributed by atoms with Crippen LogP contribution in [0.5, 0.6) is 11.5 Å². The molecule has 14 N–H and O–H groups in total. The van der Waals surface area contributed by atoms with Crippen molar-refractivity contribution in [3.63, 3.8) is 0 Å². The van der Waals surface area contributed by atoms with Crippen LogP contribution in [0.15, 0.2) is 58.5 Å². The molecule has 0 saturated heterocycles. The number of rotatable bonds is 46. The van der Waals surface area contributed by atoms with E-state index in [1.807, 2.05) is 9.44 Å². The van der Waals surface area contributed by atoms with Crippen LogP contribution in [0.4, 0.5) is 19.2 Å². The molecule has 0 bridgehead atoms. The Morgan fingerprint density at radius 2 is 0.825 bits per heavy atom. The van der Waals surface area contributed by atoms with E-state index in [0.29, 0.717) is 49.7 Å². The number of nitrogens with zero attached hydrogens (tertiary/aromatic N) is 2. The zero-order chi connectivity index (χ0) is 71.0. The largest absolute Gasteiger partial charge is 0.492 e. The maximum Gasteiger partial charge on any atom is 0.407 e. The topological polar surface area (TPSA) is 497 Å². The van der Waals surface area contributed by atoms with Crippen LogP contribution in [0.3, 0.4) is 0 Å². The first-order valence-electron chi connectivity index (χ1n) is 31.1. The lowest BCUT2D eigenvalue weighted by molar-refractivity contribution is -0.139. The molecule has 544 valence electrons. The number of guanidine groups is 2. The molecule has 0 aliphatic carbocycles. The molecule has 2 aliphatic rings. The second-order valence-corrected chi connectivity index (χ2v) is 26.6. The van der Waals surface area contributed by atoms with Gasteiger partial charge in [0.15, 0.2) is 11.9 Å². The van der Waals surface area contributed by atoms with Crippen molar-refractivity contribution in [1.29, 1.82) is 0 Å². The van der Waals surface area contributed by atoms with Gasteiger partial charge >= 0.3 is 36.3 Å². The minimum Gasteiger partial charge on any atom is -0.492 e. The Hall–Kier alpha value is -8.76. The molecule has 2 aromatic rings. The first-order valence-corrected chi connectivity index (χ1v) is 34.4. The van der Waals surface area contributed by atoms with Crippen LogP contribution in [0, 0.1) is 10.8 Å². The molecule has 0 saturated carbocycles. The molecule has 39 heteroatoms. The van der Waals surface area contributed by atoms with Gasteiger partial charge in [0, 0.05) is 87.4 Å². The number of alkyl carbamates (subject to hydrolysis) is 4. The van der Waals surface area contributed by atoms with Gasteiger partial charge in [0.25, 0.3) is 11.8 Å². The Morgan fingerprint density at radius 1 is 0.474 bits per heavy atom.